The molecule has 0 saturated heterocycles. The summed E-state index contributed by atoms with van der Waals surface area (Å²) in [4.78, 5) is 4.04. The zero-order valence-corrected chi connectivity index (χ0v) is 10.5. The molecule has 0 aliphatic heterocycles. The maximum atomic E-state index is 13.1. The van der Waals surface area contributed by atoms with Crippen LogP contribution in [0.3, 0.4) is 0 Å². The van der Waals surface area contributed by atoms with Gasteiger partial charge in [-0.05, 0) is 43.2 Å². The van der Waals surface area contributed by atoms with Crippen molar-refractivity contribution in [2.75, 3.05) is 0 Å². The van der Waals surface area contributed by atoms with Crippen LogP contribution in [0.1, 0.15) is 23.6 Å². The quantitative estimate of drug-likeness (QED) is 0.901. The van der Waals surface area contributed by atoms with Crippen molar-refractivity contribution in [2.24, 2.45) is 0 Å². The lowest BCUT2D eigenvalue weighted by atomic mass is 9.87. The van der Waals surface area contributed by atoms with E-state index in [-0.39, 0.29) is 5.82 Å². The molecule has 1 N–H and O–H groups in total. The number of benzene rings is 1. The van der Waals surface area contributed by atoms with Crippen molar-refractivity contribution in [2.45, 2.75) is 25.9 Å². The van der Waals surface area contributed by atoms with Crippen LogP contribution in [0.4, 0.5) is 4.39 Å². The van der Waals surface area contributed by atoms with Gasteiger partial charge in [-0.1, -0.05) is 12.1 Å². The van der Waals surface area contributed by atoms with Crippen molar-refractivity contribution < 1.29 is 9.50 Å². The van der Waals surface area contributed by atoms with E-state index >= 15 is 0 Å². The summed E-state index contributed by atoms with van der Waals surface area (Å²) < 4.78 is 13.1. The average Bonchev–Trinajstić information content (AvgIpc) is 2.28. The van der Waals surface area contributed by atoms with Gasteiger partial charge in [-0.25, -0.2) is 4.39 Å². The number of rotatable bonds is 3. The Kier molecular flexibility index (Phi) is 3.43. The van der Waals surface area contributed by atoms with Crippen LogP contribution >= 0.6 is 0 Å². The fraction of sp³-hybridized carbons (Fsp3) is 0.267. The number of aromatic nitrogens is 1. The topological polar surface area (TPSA) is 33.1 Å². The summed E-state index contributed by atoms with van der Waals surface area (Å²) in [5, 5.41) is 10.5. The van der Waals surface area contributed by atoms with Crippen LogP contribution in [0, 0.1) is 12.7 Å². The summed E-state index contributed by atoms with van der Waals surface area (Å²) in [5.74, 6) is -0.286. The van der Waals surface area contributed by atoms with Gasteiger partial charge in [-0.2, -0.15) is 0 Å². The maximum Gasteiger partial charge on any atom is 0.123 e. The van der Waals surface area contributed by atoms with E-state index in [1.54, 1.807) is 25.4 Å². The number of pyridine rings is 1. The number of hydrogen-bond acceptors (Lipinski definition) is 2. The first kappa shape index (κ1) is 12.7. The number of halogens is 1. The number of hydrogen-bond donors (Lipinski definition) is 1. The molecule has 18 heavy (non-hydrogen) atoms. The molecule has 94 valence electrons. The van der Waals surface area contributed by atoms with Gasteiger partial charge in [0.2, 0.25) is 0 Å². The van der Waals surface area contributed by atoms with E-state index < -0.39 is 5.60 Å². The van der Waals surface area contributed by atoms with Gasteiger partial charge in [0.25, 0.3) is 0 Å². The molecule has 3 heteroatoms. The first-order chi connectivity index (χ1) is 8.49. The molecule has 1 aromatic carbocycles. The van der Waals surface area contributed by atoms with Crippen LogP contribution in [-0.2, 0) is 12.0 Å². The Balaban J connectivity index is 2.30. The minimum atomic E-state index is -1.05. The Hall–Kier alpha value is -1.74. The molecule has 1 heterocycles. The molecule has 1 unspecified atom stereocenters. The van der Waals surface area contributed by atoms with Gasteiger partial charge in [0, 0.05) is 24.4 Å². The first-order valence-electron chi connectivity index (χ1n) is 5.87. The number of aryl methyl sites for hydroxylation is 1. The lowest BCUT2D eigenvalue weighted by molar-refractivity contribution is 0.0565. The van der Waals surface area contributed by atoms with Crippen LogP contribution < -0.4 is 0 Å². The third-order valence-electron chi connectivity index (χ3n) is 3.06. The predicted molar refractivity (Wildman–Crippen MR) is 68.6 cm³/mol. The van der Waals surface area contributed by atoms with Crippen LogP contribution in [0.15, 0.2) is 42.7 Å². The predicted octanol–water partition coefficient (Wildman–Crippen LogP) is 2.98. The van der Waals surface area contributed by atoms with Crippen molar-refractivity contribution in [3.63, 3.8) is 0 Å². The molecule has 1 atom stereocenters. The SMILES string of the molecule is Cc1ccncc1C(C)(O)Cc1cccc(F)c1. The highest BCUT2D eigenvalue weighted by Gasteiger charge is 2.25. The van der Waals surface area contributed by atoms with Gasteiger partial charge < -0.3 is 5.11 Å². The van der Waals surface area contributed by atoms with E-state index in [1.165, 1.54) is 12.1 Å². The third kappa shape index (κ3) is 2.74. The molecule has 0 spiro atoms. The monoisotopic (exact) mass is 245 g/mol. The Bertz CT molecular complexity index is 552. The third-order valence-corrected chi connectivity index (χ3v) is 3.06. The zero-order chi connectivity index (χ0) is 13.2. The average molecular weight is 245 g/mol. The van der Waals surface area contributed by atoms with Crippen molar-refractivity contribution in [1.29, 1.82) is 0 Å². The summed E-state index contributed by atoms with van der Waals surface area (Å²) in [6.07, 6.45) is 3.71. The van der Waals surface area contributed by atoms with Crippen molar-refractivity contribution in [3.8, 4) is 0 Å². The van der Waals surface area contributed by atoms with Gasteiger partial charge >= 0.3 is 0 Å². The van der Waals surface area contributed by atoms with E-state index in [2.05, 4.69) is 4.98 Å². The van der Waals surface area contributed by atoms with Crippen molar-refractivity contribution in [1.82, 2.24) is 4.98 Å². The summed E-state index contributed by atoms with van der Waals surface area (Å²) in [5.41, 5.74) is 1.47. The molecular formula is C15H16FNO. The second-order valence-electron chi connectivity index (χ2n) is 4.77. The van der Waals surface area contributed by atoms with Crippen LogP contribution in [-0.4, -0.2) is 10.1 Å². The molecule has 0 aliphatic carbocycles. The standard InChI is InChI=1S/C15H16FNO/c1-11-6-7-17-10-14(11)15(2,18)9-12-4-3-5-13(16)8-12/h3-8,10,18H,9H2,1-2H3. The maximum absolute atomic E-state index is 13.1. The Morgan fingerprint density at radius 3 is 2.78 bits per heavy atom. The van der Waals surface area contributed by atoms with Crippen LogP contribution in [0.5, 0.6) is 0 Å². The molecule has 0 fully saturated rings. The fourth-order valence-corrected chi connectivity index (χ4v) is 2.17. The number of aliphatic hydroxyl groups is 1. The lowest BCUT2D eigenvalue weighted by Gasteiger charge is -2.25. The highest BCUT2D eigenvalue weighted by Crippen LogP contribution is 2.27. The Morgan fingerprint density at radius 1 is 1.33 bits per heavy atom. The molecule has 0 radical (unpaired) electrons. The van der Waals surface area contributed by atoms with E-state index in [0.717, 1.165) is 16.7 Å². The molecule has 1 aromatic heterocycles. The molecule has 0 bridgehead atoms. The summed E-state index contributed by atoms with van der Waals surface area (Å²) >= 11 is 0. The highest BCUT2D eigenvalue weighted by atomic mass is 19.1. The first-order valence-corrected chi connectivity index (χ1v) is 5.87. The highest BCUT2D eigenvalue weighted by molar-refractivity contribution is 5.30. The smallest absolute Gasteiger partial charge is 0.123 e. The Labute approximate surface area is 106 Å². The summed E-state index contributed by atoms with van der Waals surface area (Å²) in [6, 6.07) is 8.16. The van der Waals surface area contributed by atoms with Crippen molar-refractivity contribution >= 4 is 0 Å². The summed E-state index contributed by atoms with van der Waals surface area (Å²) in [6.45, 7) is 3.65. The van der Waals surface area contributed by atoms with E-state index in [4.69, 9.17) is 0 Å². The molecule has 2 nitrogen and oxygen atoms in total. The number of nitrogens with zero attached hydrogens (tertiary/aromatic N) is 1. The minimum absolute atomic E-state index is 0.286. The largest absolute Gasteiger partial charge is 0.385 e. The van der Waals surface area contributed by atoms with Gasteiger partial charge in [-0.3, -0.25) is 4.98 Å². The van der Waals surface area contributed by atoms with E-state index in [1.807, 2.05) is 19.1 Å². The molecular weight excluding hydrogens is 229 g/mol. The fourth-order valence-electron chi connectivity index (χ4n) is 2.17. The van der Waals surface area contributed by atoms with Gasteiger partial charge in [0.1, 0.15) is 5.82 Å². The second kappa shape index (κ2) is 4.86. The van der Waals surface area contributed by atoms with E-state index in [0.29, 0.717) is 6.42 Å². The second-order valence-corrected chi connectivity index (χ2v) is 4.77. The lowest BCUT2D eigenvalue weighted by Crippen LogP contribution is -2.25. The van der Waals surface area contributed by atoms with Crippen molar-refractivity contribution in [3.05, 3.63) is 65.2 Å². The van der Waals surface area contributed by atoms with Crippen LogP contribution in [0.2, 0.25) is 0 Å². The van der Waals surface area contributed by atoms with Gasteiger partial charge in [0.05, 0.1) is 5.60 Å². The Morgan fingerprint density at radius 2 is 2.11 bits per heavy atom. The van der Waals surface area contributed by atoms with E-state index in [9.17, 15) is 9.50 Å². The molecule has 2 rings (SSSR count). The minimum Gasteiger partial charge on any atom is -0.385 e. The molecule has 0 saturated carbocycles. The van der Waals surface area contributed by atoms with Gasteiger partial charge in [0.15, 0.2) is 0 Å². The summed E-state index contributed by atoms with van der Waals surface area (Å²) in [7, 11) is 0. The van der Waals surface area contributed by atoms with Gasteiger partial charge in [-0.15, -0.1) is 0 Å². The zero-order valence-electron chi connectivity index (χ0n) is 10.5. The molecule has 0 aliphatic rings. The normalized spacial score (nSPS) is 14.2. The molecule has 0 amide bonds. The van der Waals surface area contributed by atoms with Crippen LogP contribution in [0.25, 0.3) is 0 Å². The molecule has 2 aromatic rings.